The lowest BCUT2D eigenvalue weighted by molar-refractivity contribution is -0.141. The minimum atomic E-state index is -3.54. The molecule has 1 atom stereocenters. The minimum absolute atomic E-state index is 0.119. The van der Waals surface area contributed by atoms with Crippen molar-refractivity contribution in [3.8, 4) is 0 Å². The van der Waals surface area contributed by atoms with E-state index in [1.165, 1.54) is 10.6 Å². The number of benzene rings is 3. The van der Waals surface area contributed by atoms with Crippen LogP contribution >= 0.6 is 0 Å². The summed E-state index contributed by atoms with van der Waals surface area (Å²) in [6, 6.07) is 26.4. The maximum atomic E-state index is 14.0. The van der Waals surface area contributed by atoms with Gasteiger partial charge >= 0.3 is 0 Å². The second-order valence-electron chi connectivity index (χ2n) is 11.2. The molecular formula is C34H43N3O4S. The fraction of sp³-hybridized carbons (Fsp3) is 0.412. The predicted octanol–water partition coefficient (Wildman–Crippen LogP) is 5.49. The lowest BCUT2D eigenvalue weighted by atomic mass is 10.0. The molecule has 0 radical (unpaired) electrons. The number of carbonyl (C=O) groups excluding carboxylic acids is 2. The summed E-state index contributed by atoms with van der Waals surface area (Å²) in [5.41, 5.74) is 3.63. The van der Waals surface area contributed by atoms with Crippen molar-refractivity contribution < 1.29 is 18.0 Å². The highest BCUT2D eigenvalue weighted by Crippen LogP contribution is 2.22. The van der Waals surface area contributed by atoms with Crippen molar-refractivity contribution in [3.05, 3.63) is 102 Å². The summed E-state index contributed by atoms with van der Waals surface area (Å²) in [5, 5.41) is 3.22. The summed E-state index contributed by atoms with van der Waals surface area (Å²) in [6.07, 6.45) is 7.00. The molecule has 8 heteroatoms. The van der Waals surface area contributed by atoms with E-state index in [1.807, 2.05) is 84.9 Å². The van der Waals surface area contributed by atoms with Gasteiger partial charge in [-0.05, 0) is 54.5 Å². The van der Waals surface area contributed by atoms with E-state index in [1.54, 1.807) is 4.90 Å². The van der Waals surface area contributed by atoms with Gasteiger partial charge in [-0.15, -0.1) is 0 Å². The summed E-state index contributed by atoms with van der Waals surface area (Å²) in [5.74, 6) is -0.306. The Balaban J connectivity index is 1.55. The molecule has 0 aliphatic heterocycles. The van der Waals surface area contributed by atoms with Gasteiger partial charge in [0, 0.05) is 32.0 Å². The monoisotopic (exact) mass is 589 g/mol. The van der Waals surface area contributed by atoms with Gasteiger partial charge in [-0.25, -0.2) is 8.42 Å². The molecule has 42 heavy (non-hydrogen) atoms. The Hall–Kier alpha value is -3.65. The lowest BCUT2D eigenvalue weighted by Crippen LogP contribution is -2.52. The van der Waals surface area contributed by atoms with Crippen LogP contribution in [0, 0.1) is 0 Å². The maximum absolute atomic E-state index is 14.0. The molecule has 3 aromatic carbocycles. The Labute approximate surface area is 251 Å². The Morgan fingerprint density at radius 2 is 1.45 bits per heavy atom. The molecule has 0 heterocycles. The standard InChI is InChI=1S/C34H43N3O4S/c1-3-27-20-22-31(23-21-27)37(42(2,40)41)24-12-19-33(38)36(26-29-15-8-5-9-16-29)32(25-28-13-6-4-7-14-28)34(39)35-30-17-10-11-18-30/h4-9,13-16,20-23,30,32H,3,10-12,17-19,24-26H2,1-2H3,(H,35,39). The summed E-state index contributed by atoms with van der Waals surface area (Å²) >= 11 is 0. The van der Waals surface area contributed by atoms with Crippen LogP contribution in [0.5, 0.6) is 0 Å². The Bertz CT molecular complexity index is 1390. The number of nitrogens with zero attached hydrogens (tertiary/aromatic N) is 2. The first-order chi connectivity index (χ1) is 20.2. The van der Waals surface area contributed by atoms with Crippen LogP contribution in [0.25, 0.3) is 0 Å². The number of anilines is 1. The van der Waals surface area contributed by atoms with Gasteiger partial charge in [0.2, 0.25) is 21.8 Å². The summed E-state index contributed by atoms with van der Waals surface area (Å²) in [4.78, 5) is 29.4. The van der Waals surface area contributed by atoms with Crippen LogP contribution in [0.15, 0.2) is 84.9 Å². The highest BCUT2D eigenvalue weighted by Gasteiger charge is 2.32. The zero-order valence-electron chi connectivity index (χ0n) is 24.7. The Morgan fingerprint density at radius 3 is 2.02 bits per heavy atom. The number of rotatable bonds is 14. The number of nitrogens with one attached hydrogen (secondary N) is 1. The fourth-order valence-corrected chi connectivity index (χ4v) is 6.57. The van der Waals surface area contributed by atoms with Crippen LogP contribution in [0.3, 0.4) is 0 Å². The van der Waals surface area contributed by atoms with Gasteiger partial charge in [0.15, 0.2) is 0 Å². The van der Waals surface area contributed by atoms with Crippen LogP contribution in [-0.4, -0.2) is 50.0 Å². The molecule has 1 aliphatic rings. The van der Waals surface area contributed by atoms with E-state index in [0.29, 0.717) is 25.1 Å². The van der Waals surface area contributed by atoms with Crippen LogP contribution in [0.1, 0.15) is 62.1 Å². The topological polar surface area (TPSA) is 86.8 Å². The summed E-state index contributed by atoms with van der Waals surface area (Å²) < 4.78 is 26.7. The van der Waals surface area contributed by atoms with Gasteiger partial charge in [0.05, 0.1) is 11.9 Å². The van der Waals surface area contributed by atoms with Crippen LogP contribution < -0.4 is 9.62 Å². The average molecular weight is 590 g/mol. The second-order valence-corrected chi connectivity index (χ2v) is 13.1. The third-order valence-corrected chi connectivity index (χ3v) is 9.15. The molecule has 2 amide bonds. The fourth-order valence-electron chi connectivity index (χ4n) is 5.60. The van der Waals surface area contributed by atoms with Crippen molar-refractivity contribution in [2.45, 2.75) is 76.9 Å². The normalized spacial score (nSPS) is 14.3. The van der Waals surface area contributed by atoms with Gasteiger partial charge in [0.1, 0.15) is 6.04 Å². The molecule has 7 nitrogen and oxygen atoms in total. The van der Waals surface area contributed by atoms with Crippen molar-refractivity contribution >= 4 is 27.5 Å². The highest BCUT2D eigenvalue weighted by molar-refractivity contribution is 7.92. The average Bonchev–Trinajstić information content (AvgIpc) is 3.50. The quantitative estimate of drug-likeness (QED) is 0.269. The lowest BCUT2D eigenvalue weighted by Gasteiger charge is -2.33. The summed E-state index contributed by atoms with van der Waals surface area (Å²) in [6.45, 7) is 2.52. The largest absolute Gasteiger partial charge is 0.352 e. The third kappa shape index (κ3) is 8.92. The van der Waals surface area contributed by atoms with E-state index in [-0.39, 0.29) is 30.8 Å². The van der Waals surface area contributed by atoms with Crippen LogP contribution in [-0.2, 0) is 39.0 Å². The molecule has 224 valence electrons. The number of aryl methyl sites for hydroxylation is 1. The van der Waals surface area contributed by atoms with Crippen molar-refractivity contribution in [1.29, 1.82) is 0 Å². The van der Waals surface area contributed by atoms with E-state index in [4.69, 9.17) is 0 Å². The molecule has 1 aliphatic carbocycles. The van der Waals surface area contributed by atoms with E-state index in [9.17, 15) is 18.0 Å². The van der Waals surface area contributed by atoms with E-state index in [0.717, 1.165) is 48.8 Å². The molecule has 3 aromatic rings. The molecular weight excluding hydrogens is 546 g/mol. The summed E-state index contributed by atoms with van der Waals surface area (Å²) in [7, 11) is -3.54. The number of carbonyl (C=O) groups is 2. The number of hydrogen-bond donors (Lipinski definition) is 1. The zero-order valence-corrected chi connectivity index (χ0v) is 25.6. The van der Waals surface area contributed by atoms with Crippen molar-refractivity contribution in [2.24, 2.45) is 0 Å². The van der Waals surface area contributed by atoms with Gasteiger partial charge in [-0.1, -0.05) is 92.6 Å². The first-order valence-corrected chi connectivity index (χ1v) is 16.8. The molecule has 0 bridgehead atoms. The number of amides is 2. The molecule has 1 fully saturated rings. The minimum Gasteiger partial charge on any atom is -0.352 e. The van der Waals surface area contributed by atoms with Crippen molar-refractivity contribution in [1.82, 2.24) is 10.2 Å². The van der Waals surface area contributed by atoms with Gasteiger partial charge in [-0.2, -0.15) is 0 Å². The van der Waals surface area contributed by atoms with Gasteiger partial charge < -0.3 is 10.2 Å². The number of sulfonamides is 1. The Morgan fingerprint density at radius 1 is 0.857 bits per heavy atom. The molecule has 0 aromatic heterocycles. The SMILES string of the molecule is CCc1ccc(N(CCCC(=O)N(Cc2ccccc2)C(Cc2ccccc2)C(=O)NC2CCCC2)S(C)(=O)=O)cc1. The zero-order chi connectivity index (χ0) is 30.0. The van der Waals surface area contributed by atoms with Crippen LogP contribution in [0.2, 0.25) is 0 Å². The van der Waals surface area contributed by atoms with Crippen LogP contribution in [0.4, 0.5) is 5.69 Å². The predicted molar refractivity (Wildman–Crippen MR) is 169 cm³/mol. The molecule has 1 N–H and O–H groups in total. The van der Waals surface area contributed by atoms with Gasteiger partial charge in [-0.3, -0.25) is 13.9 Å². The molecule has 4 rings (SSSR count). The molecule has 0 saturated heterocycles. The molecule has 1 unspecified atom stereocenters. The van der Waals surface area contributed by atoms with Gasteiger partial charge in [0.25, 0.3) is 0 Å². The van der Waals surface area contributed by atoms with Crippen molar-refractivity contribution in [3.63, 3.8) is 0 Å². The van der Waals surface area contributed by atoms with E-state index in [2.05, 4.69) is 12.2 Å². The van der Waals surface area contributed by atoms with Crippen molar-refractivity contribution in [2.75, 3.05) is 17.1 Å². The highest BCUT2D eigenvalue weighted by atomic mass is 32.2. The third-order valence-electron chi connectivity index (χ3n) is 7.95. The first kappa shape index (κ1) is 31.3. The smallest absolute Gasteiger partial charge is 0.243 e. The second kappa shape index (κ2) is 15.0. The first-order valence-electron chi connectivity index (χ1n) is 15.0. The Kier molecular flexibility index (Phi) is 11.2. The maximum Gasteiger partial charge on any atom is 0.243 e. The van der Waals surface area contributed by atoms with E-state index < -0.39 is 16.1 Å². The van der Waals surface area contributed by atoms with E-state index >= 15 is 0 Å². The number of hydrogen-bond acceptors (Lipinski definition) is 4. The molecule has 0 spiro atoms. The molecule has 1 saturated carbocycles.